The zero-order valence-corrected chi connectivity index (χ0v) is 16.0. The van der Waals surface area contributed by atoms with E-state index in [1.807, 2.05) is 59.5 Å². The first-order valence-electron chi connectivity index (χ1n) is 8.39. The van der Waals surface area contributed by atoms with Gasteiger partial charge in [0.15, 0.2) is 0 Å². The predicted molar refractivity (Wildman–Crippen MR) is 104 cm³/mol. The van der Waals surface area contributed by atoms with Crippen molar-refractivity contribution in [1.82, 2.24) is 4.90 Å². The summed E-state index contributed by atoms with van der Waals surface area (Å²) in [5.41, 5.74) is 1.69. The average molecular weight is 449 g/mol. The van der Waals surface area contributed by atoms with E-state index in [1.54, 1.807) is 0 Å². The van der Waals surface area contributed by atoms with E-state index >= 15 is 0 Å². The second kappa shape index (κ2) is 8.47. The van der Waals surface area contributed by atoms with Crippen LogP contribution in [0.15, 0.2) is 54.6 Å². The number of halogens is 1. The molecule has 3 rings (SSSR count). The SMILES string of the molecule is O=C(OCc1ccccc1)C1CCN(C(=O)c2cccc(I)c2)CC1. The Bertz CT molecular complexity index is 740. The zero-order valence-electron chi connectivity index (χ0n) is 13.9. The van der Waals surface area contributed by atoms with Gasteiger partial charge in [0.2, 0.25) is 0 Å². The van der Waals surface area contributed by atoms with E-state index in [0.29, 0.717) is 38.1 Å². The van der Waals surface area contributed by atoms with E-state index in [-0.39, 0.29) is 17.8 Å². The summed E-state index contributed by atoms with van der Waals surface area (Å²) in [6.07, 6.45) is 1.31. The maximum atomic E-state index is 12.5. The van der Waals surface area contributed by atoms with Crippen LogP contribution in [0, 0.1) is 9.49 Å². The van der Waals surface area contributed by atoms with Crippen molar-refractivity contribution >= 4 is 34.5 Å². The molecule has 2 aromatic carbocycles. The van der Waals surface area contributed by atoms with E-state index in [9.17, 15) is 9.59 Å². The number of esters is 1. The molecule has 0 N–H and O–H groups in total. The summed E-state index contributed by atoms with van der Waals surface area (Å²) in [5.74, 6) is -0.247. The standard InChI is InChI=1S/C20H20INO3/c21-18-8-4-7-17(13-18)19(23)22-11-9-16(10-12-22)20(24)25-14-15-5-2-1-3-6-15/h1-8,13,16H,9-12,14H2. The van der Waals surface area contributed by atoms with Gasteiger partial charge in [-0.05, 0) is 59.2 Å². The van der Waals surface area contributed by atoms with E-state index in [2.05, 4.69) is 22.6 Å². The summed E-state index contributed by atoms with van der Waals surface area (Å²) in [4.78, 5) is 26.6. The number of hydrogen-bond acceptors (Lipinski definition) is 3. The number of benzene rings is 2. The summed E-state index contributed by atoms with van der Waals surface area (Å²) in [6.45, 7) is 1.49. The maximum absolute atomic E-state index is 12.5. The van der Waals surface area contributed by atoms with Gasteiger partial charge in [-0.15, -0.1) is 0 Å². The van der Waals surface area contributed by atoms with Crippen molar-refractivity contribution in [2.24, 2.45) is 5.92 Å². The monoisotopic (exact) mass is 449 g/mol. The minimum Gasteiger partial charge on any atom is -0.461 e. The lowest BCUT2D eigenvalue weighted by Gasteiger charge is -2.31. The van der Waals surface area contributed by atoms with Gasteiger partial charge in [0.1, 0.15) is 6.61 Å². The molecule has 2 aromatic rings. The van der Waals surface area contributed by atoms with Gasteiger partial charge in [0.05, 0.1) is 5.92 Å². The molecule has 130 valence electrons. The highest BCUT2D eigenvalue weighted by Gasteiger charge is 2.28. The fraction of sp³-hybridized carbons (Fsp3) is 0.300. The van der Waals surface area contributed by atoms with Crippen molar-refractivity contribution in [2.45, 2.75) is 19.4 Å². The number of ether oxygens (including phenoxy) is 1. The molecule has 1 amide bonds. The minimum atomic E-state index is -0.162. The van der Waals surface area contributed by atoms with E-state index in [1.165, 1.54) is 0 Å². The molecule has 1 aliphatic heterocycles. The Kier molecular flexibility index (Phi) is 6.07. The van der Waals surface area contributed by atoms with Gasteiger partial charge in [-0.1, -0.05) is 36.4 Å². The van der Waals surface area contributed by atoms with E-state index in [0.717, 1.165) is 9.13 Å². The number of rotatable bonds is 4. The second-order valence-corrected chi connectivity index (χ2v) is 7.42. The minimum absolute atomic E-state index is 0.0367. The number of amides is 1. The summed E-state index contributed by atoms with van der Waals surface area (Å²) in [7, 11) is 0. The Morgan fingerprint density at radius 2 is 1.76 bits per heavy atom. The number of carbonyl (C=O) groups excluding carboxylic acids is 2. The fourth-order valence-electron chi connectivity index (χ4n) is 2.97. The smallest absolute Gasteiger partial charge is 0.309 e. The number of nitrogens with zero attached hydrogens (tertiary/aromatic N) is 1. The van der Waals surface area contributed by atoms with Crippen LogP contribution in [0.2, 0.25) is 0 Å². The normalized spacial score (nSPS) is 15.0. The number of piperidine rings is 1. The van der Waals surface area contributed by atoms with Crippen LogP contribution in [-0.2, 0) is 16.1 Å². The third-order valence-corrected chi connectivity index (χ3v) is 5.08. The van der Waals surface area contributed by atoms with Crippen LogP contribution >= 0.6 is 22.6 Å². The van der Waals surface area contributed by atoms with Gasteiger partial charge in [0.25, 0.3) is 5.91 Å². The molecule has 1 heterocycles. The molecule has 0 unspecified atom stereocenters. The van der Waals surface area contributed by atoms with Crippen LogP contribution < -0.4 is 0 Å². The van der Waals surface area contributed by atoms with Gasteiger partial charge in [-0.25, -0.2) is 0 Å². The van der Waals surface area contributed by atoms with Gasteiger partial charge in [0, 0.05) is 22.2 Å². The van der Waals surface area contributed by atoms with Gasteiger partial charge in [-0.2, -0.15) is 0 Å². The lowest BCUT2D eigenvalue weighted by molar-refractivity contribution is -0.151. The third-order valence-electron chi connectivity index (χ3n) is 4.41. The molecule has 1 saturated heterocycles. The van der Waals surface area contributed by atoms with Crippen molar-refractivity contribution in [1.29, 1.82) is 0 Å². The molecule has 4 nitrogen and oxygen atoms in total. The third kappa shape index (κ3) is 4.81. The first-order valence-corrected chi connectivity index (χ1v) is 9.47. The number of carbonyl (C=O) groups is 2. The molecule has 0 saturated carbocycles. The zero-order chi connectivity index (χ0) is 17.6. The van der Waals surface area contributed by atoms with Gasteiger partial charge >= 0.3 is 5.97 Å². The topological polar surface area (TPSA) is 46.6 Å². The summed E-state index contributed by atoms with van der Waals surface area (Å²) >= 11 is 2.20. The van der Waals surface area contributed by atoms with E-state index < -0.39 is 0 Å². The van der Waals surface area contributed by atoms with Crippen molar-refractivity contribution in [3.8, 4) is 0 Å². The summed E-state index contributed by atoms with van der Waals surface area (Å²) < 4.78 is 6.46. The van der Waals surface area contributed by atoms with Crippen molar-refractivity contribution in [3.63, 3.8) is 0 Å². The molecule has 1 aliphatic rings. The highest BCUT2D eigenvalue weighted by Crippen LogP contribution is 2.21. The fourth-order valence-corrected chi connectivity index (χ4v) is 3.51. The van der Waals surface area contributed by atoms with Crippen LogP contribution in [0.4, 0.5) is 0 Å². The van der Waals surface area contributed by atoms with Crippen LogP contribution in [0.25, 0.3) is 0 Å². The number of likely N-dealkylation sites (tertiary alicyclic amines) is 1. The van der Waals surface area contributed by atoms with Gasteiger partial charge in [-0.3, -0.25) is 9.59 Å². The predicted octanol–water partition coefficient (Wildman–Crippen LogP) is 3.89. The van der Waals surface area contributed by atoms with Gasteiger partial charge < -0.3 is 9.64 Å². The number of hydrogen-bond donors (Lipinski definition) is 0. The maximum Gasteiger partial charge on any atom is 0.309 e. The highest BCUT2D eigenvalue weighted by molar-refractivity contribution is 14.1. The molecule has 5 heteroatoms. The van der Waals surface area contributed by atoms with Crippen LogP contribution in [-0.4, -0.2) is 29.9 Å². The molecule has 0 aliphatic carbocycles. The van der Waals surface area contributed by atoms with Crippen LogP contribution in [0.3, 0.4) is 0 Å². The molecule has 0 atom stereocenters. The lowest BCUT2D eigenvalue weighted by Crippen LogP contribution is -2.40. The summed E-state index contributed by atoms with van der Waals surface area (Å²) in [5, 5.41) is 0. The second-order valence-electron chi connectivity index (χ2n) is 6.17. The Labute approximate surface area is 161 Å². The first kappa shape index (κ1) is 17.9. The molecule has 0 bridgehead atoms. The summed E-state index contributed by atoms with van der Waals surface area (Å²) in [6, 6.07) is 17.3. The van der Waals surface area contributed by atoms with Crippen molar-refractivity contribution in [3.05, 3.63) is 69.3 Å². The Morgan fingerprint density at radius 1 is 1.04 bits per heavy atom. The molecule has 1 fully saturated rings. The molecular formula is C20H20INO3. The highest BCUT2D eigenvalue weighted by atomic mass is 127. The first-order chi connectivity index (χ1) is 12.1. The van der Waals surface area contributed by atoms with Crippen LogP contribution in [0.1, 0.15) is 28.8 Å². The van der Waals surface area contributed by atoms with E-state index in [4.69, 9.17) is 4.74 Å². The van der Waals surface area contributed by atoms with Crippen molar-refractivity contribution in [2.75, 3.05) is 13.1 Å². The lowest BCUT2D eigenvalue weighted by atomic mass is 9.96. The molecule has 0 spiro atoms. The van der Waals surface area contributed by atoms with Crippen LogP contribution in [0.5, 0.6) is 0 Å². The van der Waals surface area contributed by atoms with Crippen molar-refractivity contribution < 1.29 is 14.3 Å². The Morgan fingerprint density at radius 3 is 2.44 bits per heavy atom. The molecule has 0 aromatic heterocycles. The molecule has 25 heavy (non-hydrogen) atoms. The largest absolute Gasteiger partial charge is 0.461 e. The average Bonchev–Trinajstić information content (AvgIpc) is 2.66. The Hall–Kier alpha value is -1.89. The molecule has 0 radical (unpaired) electrons. The Balaban J connectivity index is 1.49. The molecular weight excluding hydrogens is 429 g/mol. The quantitative estimate of drug-likeness (QED) is 0.526.